The molecule has 4 N–H and O–H groups in total. The van der Waals surface area contributed by atoms with E-state index in [-0.39, 0.29) is 24.5 Å². The molecule has 17 heavy (non-hydrogen) atoms. The lowest BCUT2D eigenvalue weighted by molar-refractivity contribution is 0.0597. The zero-order chi connectivity index (χ0) is 12.8. The fourth-order valence-corrected chi connectivity index (χ4v) is 1.25. The maximum atomic E-state index is 11.3. The average Bonchev–Trinajstić information content (AvgIpc) is 2.36. The molecule has 1 aromatic rings. The number of phenolic OH excluding ortho intramolecular Hbond substituents is 1. The van der Waals surface area contributed by atoms with Crippen molar-refractivity contribution in [1.29, 1.82) is 0 Å². The molecule has 1 unspecified atom stereocenters. The number of methoxy groups -OCH3 is 1. The summed E-state index contributed by atoms with van der Waals surface area (Å²) in [5, 5.41) is 30.3. The van der Waals surface area contributed by atoms with Crippen LogP contribution in [0.15, 0.2) is 18.2 Å². The lowest BCUT2D eigenvalue weighted by Gasteiger charge is -2.13. The molecule has 0 radical (unpaired) electrons. The van der Waals surface area contributed by atoms with Crippen molar-refractivity contribution < 1.29 is 24.9 Å². The lowest BCUT2D eigenvalue weighted by atomic mass is 10.1. The molecular weight excluding hydrogens is 226 g/mol. The van der Waals surface area contributed by atoms with Crippen LogP contribution in [0.25, 0.3) is 0 Å². The van der Waals surface area contributed by atoms with Crippen LogP contribution >= 0.6 is 0 Å². The van der Waals surface area contributed by atoms with Gasteiger partial charge in [0.15, 0.2) is 5.75 Å². The van der Waals surface area contributed by atoms with Crippen molar-refractivity contribution in [2.75, 3.05) is 25.6 Å². The topological polar surface area (TPSA) is 99.0 Å². The Morgan fingerprint density at radius 3 is 2.82 bits per heavy atom. The van der Waals surface area contributed by atoms with Crippen molar-refractivity contribution >= 4 is 11.7 Å². The molecule has 0 aliphatic rings. The highest BCUT2D eigenvalue weighted by molar-refractivity contribution is 5.94. The van der Waals surface area contributed by atoms with Gasteiger partial charge in [-0.25, -0.2) is 4.79 Å². The standard InChI is InChI=1S/C11H15NO5/c1-17-11(16)8-3-2-4-9(10(8)15)12-5-7(14)6-13/h2-4,7,12-15H,5-6H2,1H3. The Morgan fingerprint density at radius 1 is 1.53 bits per heavy atom. The number of nitrogens with one attached hydrogen (secondary N) is 1. The van der Waals surface area contributed by atoms with Crippen LogP contribution < -0.4 is 5.32 Å². The Bertz CT molecular complexity index is 393. The number of anilines is 1. The lowest BCUT2D eigenvalue weighted by Crippen LogP contribution is -2.23. The quantitative estimate of drug-likeness (QED) is 0.426. The largest absolute Gasteiger partial charge is 0.505 e. The van der Waals surface area contributed by atoms with E-state index in [0.717, 1.165) is 0 Å². The van der Waals surface area contributed by atoms with Crippen LogP contribution in [0.3, 0.4) is 0 Å². The van der Waals surface area contributed by atoms with Crippen LogP contribution in [0.4, 0.5) is 5.69 Å². The van der Waals surface area contributed by atoms with Crippen molar-refractivity contribution in [3.8, 4) is 5.75 Å². The van der Waals surface area contributed by atoms with Gasteiger partial charge in [-0.1, -0.05) is 6.07 Å². The first-order chi connectivity index (χ1) is 8.10. The van der Waals surface area contributed by atoms with E-state index in [4.69, 9.17) is 10.2 Å². The number of para-hydroxylation sites is 1. The number of aliphatic hydroxyl groups is 2. The molecule has 0 aliphatic carbocycles. The second-order valence-corrected chi connectivity index (χ2v) is 3.41. The van der Waals surface area contributed by atoms with Gasteiger partial charge in [0.05, 0.1) is 25.5 Å². The number of aliphatic hydroxyl groups excluding tert-OH is 2. The molecule has 0 aromatic heterocycles. The number of carbonyl (C=O) groups is 1. The van der Waals surface area contributed by atoms with Crippen molar-refractivity contribution in [1.82, 2.24) is 0 Å². The predicted octanol–water partition coefficient (Wildman–Crippen LogP) is -0.0561. The van der Waals surface area contributed by atoms with Crippen LogP contribution in [0, 0.1) is 0 Å². The molecular formula is C11H15NO5. The Hall–Kier alpha value is -1.79. The molecule has 0 amide bonds. The fourth-order valence-electron chi connectivity index (χ4n) is 1.25. The third-order valence-electron chi connectivity index (χ3n) is 2.18. The van der Waals surface area contributed by atoms with Crippen LogP contribution in [-0.4, -0.2) is 47.7 Å². The first-order valence-electron chi connectivity index (χ1n) is 5.03. The molecule has 6 nitrogen and oxygen atoms in total. The number of ether oxygens (including phenoxy) is 1. The Balaban J connectivity index is 2.83. The highest BCUT2D eigenvalue weighted by Gasteiger charge is 2.14. The number of benzene rings is 1. The van der Waals surface area contributed by atoms with Crippen molar-refractivity contribution in [2.45, 2.75) is 6.10 Å². The molecule has 0 saturated heterocycles. The van der Waals surface area contributed by atoms with Gasteiger partial charge in [0.2, 0.25) is 0 Å². The van der Waals surface area contributed by atoms with E-state index in [1.807, 2.05) is 0 Å². The van der Waals surface area contributed by atoms with Gasteiger partial charge in [-0.2, -0.15) is 0 Å². The minimum absolute atomic E-state index is 0.0380. The summed E-state index contributed by atoms with van der Waals surface area (Å²) in [5.74, 6) is -0.890. The molecule has 1 aromatic carbocycles. The van der Waals surface area contributed by atoms with E-state index in [9.17, 15) is 9.90 Å². The summed E-state index contributed by atoms with van der Waals surface area (Å²) in [6, 6.07) is 4.54. The summed E-state index contributed by atoms with van der Waals surface area (Å²) in [7, 11) is 1.22. The number of rotatable bonds is 5. The normalized spacial score (nSPS) is 11.9. The summed E-state index contributed by atoms with van der Waals surface area (Å²) in [6.45, 7) is -0.320. The molecule has 0 heterocycles. The molecule has 1 atom stereocenters. The molecule has 0 aliphatic heterocycles. The summed E-state index contributed by atoms with van der Waals surface area (Å²) in [5.41, 5.74) is 0.330. The average molecular weight is 241 g/mol. The van der Waals surface area contributed by atoms with Gasteiger partial charge in [-0.05, 0) is 12.1 Å². The molecule has 0 spiro atoms. The van der Waals surface area contributed by atoms with Crippen molar-refractivity contribution in [2.24, 2.45) is 0 Å². The third kappa shape index (κ3) is 3.33. The molecule has 0 saturated carbocycles. The van der Waals surface area contributed by atoms with E-state index in [2.05, 4.69) is 10.1 Å². The Morgan fingerprint density at radius 2 is 2.24 bits per heavy atom. The zero-order valence-corrected chi connectivity index (χ0v) is 9.38. The van der Waals surface area contributed by atoms with Crippen molar-refractivity contribution in [3.05, 3.63) is 23.8 Å². The van der Waals surface area contributed by atoms with Gasteiger partial charge in [-0.3, -0.25) is 0 Å². The van der Waals surface area contributed by atoms with Crippen LogP contribution in [0.2, 0.25) is 0 Å². The van der Waals surface area contributed by atoms with Gasteiger partial charge in [0.1, 0.15) is 5.56 Å². The monoisotopic (exact) mass is 241 g/mol. The number of carbonyl (C=O) groups excluding carboxylic acids is 1. The van der Waals surface area contributed by atoms with Gasteiger partial charge >= 0.3 is 5.97 Å². The fraction of sp³-hybridized carbons (Fsp3) is 0.364. The number of hydrogen-bond acceptors (Lipinski definition) is 6. The summed E-state index contributed by atoms with van der Waals surface area (Å²) in [6.07, 6.45) is -0.934. The van der Waals surface area contributed by atoms with E-state index in [1.54, 1.807) is 12.1 Å². The third-order valence-corrected chi connectivity index (χ3v) is 2.18. The molecule has 0 bridgehead atoms. The summed E-state index contributed by atoms with van der Waals surface area (Å²) >= 11 is 0. The van der Waals surface area contributed by atoms with Crippen LogP contribution in [0.5, 0.6) is 5.75 Å². The number of phenols is 1. The van der Waals surface area contributed by atoms with Gasteiger partial charge in [0, 0.05) is 6.54 Å². The molecule has 0 fully saturated rings. The minimum Gasteiger partial charge on any atom is -0.505 e. The summed E-state index contributed by atoms with van der Waals surface area (Å²) < 4.78 is 4.50. The maximum Gasteiger partial charge on any atom is 0.341 e. The van der Waals surface area contributed by atoms with Crippen molar-refractivity contribution in [3.63, 3.8) is 0 Å². The van der Waals surface area contributed by atoms with Crippen LogP contribution in [0.1, 0.15) is 10.4 Å². The first kappa shape index (κ1) is 13.3. The number of esters is 1. The molecule has 1 rings (SSSR count). The van der Waals surface area contributed by atoms with E-state index >= 15 is 0 Å². The van der Waals surface area contributed by atoms with E-state index in [0.29, 0.717) is 5.69 Å². The molecule has 94 valence electrons. The molecule has 6 heteroatoms. The van der Waals surface area contributed by atoms with Gasteiger partial charge in [-0.15, -0.1) is 0 Å². The highest BCUT2D eigenvalue weighted by atomic mass is 16.5. The highest BCUT2D eigenvalue weighted by Crippen LogP contribution is 2.27. The summed E-state index contributed by atoms with van der Waals surface area (Å²) in [4.78, 5) is 11.3. The Kier molecular flexibility index (Phi) is 4.74. The van der Waals surface area contributed by atoms with Gasteiger partial charge in [0.25, 0.3) is 0 Å². The predicted molar refractivity (Wildman–Crippen MR) is 61.0 cm³/mol. The first-order valence-corrected chi connectivity index (χ1v) is 5.03. The zero-order valence-electron chi connectivity index (χ0n) is 9.38. The van der Waals surface area contributed by atoms with Crippen LogP contribution in [-0.2, 0) is 4.74 Å². The SMILES string of the molecule is COC(=O)c1cccc(NCC(O)CO)c1O. The van der Waals surface area contributed by atoms with Gasteiger partial charge < -0.3 is 25.4 Å². The minimum atomic E-state index is -0.934. The Labute approximate surface area is 98.5 Å². The van der Waals surface area contributed by atoms with E-state index in [1.165, 1.54) is 13.2 Å². The smallest absolute Gasteiger partial charge is 0.341 e. The number of aromatic hydroxyl groups is 1. The number of hydrogen-bond donors (Lipinski definition) is 4. The maximum absolute atomic E-state index is 11.3. The van der Waals surface area contributed by atoms with E-state index < -0.39 is 12.1 Å². The second-order valence-electron chi connectivity index (χ2n) is 3.41. The second kappa shape index (κ2) is 6.07.